The van der Waals surface area contributed by atoms with Gasteiger partial charge in [-0.05, 0) is 149 Å². The van der Waals surface area contributed by atoms with Gasteiger partial charge in [-0.25, -0.2) is 0 Å². The van der Waals surface area contributed by atoms with Gasteiger partial charge in [0.1, 0.15) is 0 Å². The summed E-state index contributed by atoms with van der Waals surface area (Å²) in [6.07, 6.45) is 4.52. The molecule has 0 heterocycles. The van der Waals surface area contributed by atoms with Crippen LogP contribution in [0.5, 0.6) is 0 Å². The Labute approximate surface area is 322 Å². The molecule has 2 heteroatoms. The van der Waals surface area contributed by atoms with Crippen LogP contribution in [0.3, 0.4) is 0 Å². The fourth-order valence-corrected chi connectivity index (χ4v) is 8.44. The molecule has 0 aliphatic heterocycles. The summed E-state index contributed by atoms with van der Waals surface area (Å²) in [5.41, 5.74) is 16.2. The van der Waals surface area contributed by atoms with Crippen molar-refractivity contribution >= 4 is 34.1 Å². The van der Waals surface area contributed by atoms with Crippen molar-refractivity contribution in [2.75, 3.05) is 9.80 Å². The average molecular weight is 703 g/mol. The Morgan fingerprint density at radius 3 is 0.926 bits per heavy atom. The molecule has 0 radical (unpaired) electrons. The van der Waals surface area contributed by atoms with E-state index >= 15 is 0 Å². The first-order valence-electron chi connectivity index (χ1n) is 19.5. The molecule has 2 nitrogen and oxygen atoms in total. The first-order chi connectivity index (χ1) is 26.4. The lowest BCUT2D eigenvalue weighted by Gasteiger charge is -2.42. The van der Waals surface area contributed by atoms with E-state index in [1.807, 2.05) is 0 Å². The van der Waals surface area contributed by atoms with Crippen molar-refractivity contribution in [3.05, 3.63) is 215 Å². The van der Waals surface area contributed by atoms with Gasteiger partial charge in [0.15, 0.2) is 0 Å². The average Bonchev–Trinajstić information content (AvgIpc) is 3.22. The van der Waals surface area contributed by atoms with Gasteiger partial charge < -0.3 is 9.80 Å². The van der Waals surface area contributed by atoms with Gasteiger partial charge in [0, 0.05) is 39.5 Å². The highest BCUT2D eigenvalue weighted by molar-refractivity contribution is 5.78. The number of hydrogen-bond donors (Lipinski definition) is 0. The molecule has 1 fully saturated rings. The van der Waals surface area contributed by atoms with E-state index in [2.05, 4.69) is 213 Å². The number of nitrogens with zero attached hydrogens (tertiary/aromatic N) is 2. The molecule has 0 unspecified atom stereocenters. The van der Waals surface area contributed by atoms with Crippen molar-refractivity contribution in [2.24, 2.45) is 0 Å². The van der Waals surface area contributed by atoms with Crippen molar-refractivity contribution in [3.63, 3.8) is 0 Å². The summed E-state index contributed by atoms with van der Waals surface area (Å²) in [4.78, 5) is 4.75. The van der Waals surface area contributed by atoms with E-state index in [9.17, 15) is 0 Å². The van der Waals surface area contributed by atoms with Gasteiger partial charge in [-0.2, -0.15) is 0 Å². The zero-order valence-electron chi connectivity index (χ0n) is 32.0. The molecule has 0 amide bonds. The third kappa shape index (κ3) is 7.22. The topological polar surface area (TPSA) is 6.48 Å². The summed E-state index contributed by atoms with van der Waals surface area (Å²) >= 11 is 0. The molecule has 0 spiro atoms. The Morgan fingerprint density at radius 1 is 0.352 bits per heavy atom. The highest BCUT2D eigenvalue weighted by Gasteiger charge is 2.39. The summed E-state index contributed by atoms with van der Waals surface area (Å²) in [6.45, 7) is 8.59. The van der Waals surface area contributed by atoms with Gasteiger partial charge >= 0.3 is 0 Å². The van der Waals surface area contributed by atoms with E-state index in [0.29, 0.717) is 5.92 Å². The molecule has 7 aromatic rings. The highest BCUT2D eigenvalue weighted by atomic mass is 15.1. The normalized spacial score (nSPS) is 14.1. The number of rotatable bonds is 9. The van der Waals surface area contributed by atoms with E-state index in [1.165, 1.54) is 50.3 Å². The van der Waals surface area contributed by atoms with Gasteiger partial charge in [-0.1, -0.05) is 125 Å². The molecule has 1 aliphatic carbocycles. The van der Waals surface area contributed by atoms with Crippen LogP contribution in [0.1, 0.15) is 70.5 Å². The maximum absolute atomic E-state index is 2.41. The fourth-order valence-electron chi connectivity index (χ4n) is 8.44. The van der Waals surface area contributed by atoms with Crippen molar-refractivity contribution in [1.82, 2.24) is 0 Å². The Balaban J connectivity index is 1.18. The lowest BCUT2D eigenvalue weighted by atomic mass is 9.62. The maximum Gasteiger partial charge on any atom is 0.0461 e. The Hall–Kier alpha value is -5.86. The molecular formula is C52H50N2. The van der Waals surface area contributed by atoms with Gasteiger partial charge in [-0.3, -0.25) is 0 Å². The summed E-state index contributed by atoms with van der Waals surface area (Å²) < 4.78 is 0. The quantitative estimate of drug-likeness (QED) is 0.148. The smallest absolute Gasteiger partial charge is 0.0461 e. The van der Waals surface area contributed by atoms with Gasteiger partial charge in [0.05, 0.1) is 0 Å². The number of anilines is 6. The monoisotopic (exact) mass is 702 g/mol. The van der Waals surface area contributed by atoms with Gasteiger partial charge in [0.2, 0.25) is 0 Å². The van der Waals surface area contributed by atoms with Crippen LogP contribution in [0.2, 0.25) is 0 Å². The maximum atomic E-state index is 2.41. The molecule has 268 valence electrons. The number of aryl methyl sites for hydroxylation is 4. The third-order valence-corrected chi connectivity index (χ3v) is 11.6. The van der Waals surface area contributed by atoms with E-state index in [4.69, 9.17) is 0 Å². The zero-order chi connectivity index (χ0) is 37.1. The van der Waals surface area contributed by atoms with Crippen LogP contribution in [-0.2, 0) is 5.41 Å². The van der Waals surface area contributed by atoms with Gasteiger partial charge in [-0.15, -0.1) is 0 Å². The van der Waals surface area contributed by atoms with Crippen molar-refractivity contribution in [2.45, 2.75) is 64.7 Å². The molecule has 0 atom stereocenters. The Morgan fingerprint density at radius 2 is 0.630 bits per heavy atom. The molecule has 0 bridgehead atoms. The molecule has 1 aliphatic rings. The van der Waals surface area contributed by atoms with Crippen LogP contribution in [0.15, 0.2) is 176 Å². The van der Waals surface area contributed by atoms with E-state index in [0.717, 1.165) is 48.4 Å². The van der Waals surface area contributed by atoms with Crippen LogP contribution >= 0.6 is 0 Å². The summed E-state index contributed by atoms with van der Waals surface area (Å²) in [6, 6.07) is 65.6. The summed E-state index contributed by atoms with van der Waals surface area (Å²) in [7, 11) is 0. The first kappa shape index (κ1) is 35.2. The molecule has 7 aromatic carbocycles. The molecular weight excluding hydrogens is 653 g/mol. The van der Waals surface area contributed by atoms with Crippen molar-refractivity contribution in [1.29, 1.82) is 0 Å². The van der Waals surface area contributed by atoms with Crippen LogP contribution in [0.25, 0.3) is 0 Å². The van der Waals surface area contributed by atoms with E-state index in [-0.39, 0.29) is 5.41 Å². The minimum Gasteiger partial charge on any atom is -0.311 e. The second kappa shape index (κ2) is 15.2. The standard InChI is InChI=1S/C52H50N2/c1-38-10-22-46(23-11-38)53(47-24-12-39(2)13-25-47)50-30-18-44(19-31-50)52(36-34-43(35-37-52)42-8-6-5-7-9-42)45-20-32-51(33-21-45)54(48-26-14-40(3)15-27-48)49-28-16-41(4)17-29-49/h5-33,43H,34-37H2,1-4H3. The molecule has 54 heavy (non-hydrogen) atoms. The largest absolute Gasteiger partial charge is 0.311 e. The number of hydrogen-bond acceptors (Lipinski definition) is 2. The molecule has 0 aromatic heterocycles. The lowest BCUT2D eigenvalue weighted by Crippen LogP contribution is -2.32. The predicted molar refractivity (Wildman–Crippen MR) is 230 cm³/mol. The molecule has 1 saturated carbocycles. The lowest BCUT2D eigenvalue weighted by molar-refractivity contribution is 0.315. The van der Waals surface area contributed by atoms with Crippen molar-refractivity contribution in [3.8, 4) is 0 Å². The SMILES string of the molecule is Cc1ccc(N(c2ccc(C)cc2)c2ccc(C3(c4ccc(N(c5ccc(C)cc5)c5ccc(C)cc5)cc4)CCC(c4ccccc4)CC3)cc2)cc1. The highest BCUT2D eigenvalue weighted by Crippen LogP contribution is 2.50. The fraction of sp³-hybridized carbons (Fsp3) is 0.192. The molecule has 0 N–H and O–H groups in total. The molecule has 8 rings (SSSR count). The predicted octanol–water partition coefficient (Wildman–Crippen LogP) is 14.5. The third-order valence-electron chi connectivity index (χ3n) is 11.6. The van der Waals surface area contributed by atoms with Crippen LogP contribution in [0.4, 0.5) is 34.1 Å². The summed E-state index contributed by atoms with van der Waals surface area (Å²) in [5.74, 6) is 0.579. The van der Waals surface area contributed by atoms with Crippen LogP contribution in [-0.4, -0.2) is 0 Å². The number of benzene rings is 7. The summed E-state index contributed by atoms with van der Waals surface area (Å²) in [5, 5.41) is 0. The second-order valence-corrected chi connectivity index (χ2v) is 15.4. The minimum absolute atomic E-state index is 0.0839. The minimum atomic E-state index is -0.0839. The van der Waals surface area contributed by atoms with Gasteiger partial charge in [0.25, 0.3) is 0 Å². The second-order valence-electron chi connectivity index (χ2n) is 15.4. The molecule has 0 saturated heterocycles. The zero-order valence-corrected chi connectivity index (χ0v) is 32.0. The Kier molecular flexibility index (Phi) is 9.93. The van der Waals surface area contributed by atoms with Crippen LogP contribution < -0.4 is 9.80 Å². The Bertz CT molecular complexity index is 2030. The van der Waals surface area contributed by atoms with Crippen molar-refractivity contribution < 1.29 is 0 Å². The van der Waals surface area contributed by atoms with E-state index in [1.54, 1.807) is 0 Å². The van der Waals surface area contributed by atoms with Crippen LogP contribution in [0, 0.1) is 27.7 Å². The first-order valence-corrected chi connectivity index (χ1v) is 19.5. The van der Waals surface area contributed by atoms with E-state index < -0.39 is 0 Å².